The van der Waals surface area contributed by atoms with E-state index in [4.69, 9.17) is 4.52 Å². The molecular weight excluding hydrogens is 411 g/mol. The van der Waals surface area contributed by atoms with Gasteiger partial charge < -0.3 is 9.63 Å². The third-order valence-electron chi connectivity index (χ3n) is 4.94. The Labute approximate surface area is 177 Å². The van der Waals surface area contributed by atoms with Gasteiger partial charge in [-0.25, -0.2) is 8.78 Å². The Bertz CT molecular complexity index is 991. The largest absolute Gasteiger partial charge is 0.388 e. The summed E-state index contributed by atoms with van der Waals surface area (Å²) in [5.41, 5.74) is 2.89. The van der Waals surface area contributed by atoms with Crippen molar-refractivity contribution >= 4 is 5.78 Å². The van der Waals surface area contributed by atoms with E-state index in [1.54, 1.807) is 37.4 Å². The van der Waals surface area contributed by atoms with Gasteiger partial charge >= 0.3 is 0 Å². The van der Waals surface area contributed by atoms with Crippen LogP contribution < -0.4 is 0 Å². The van der Waals surface area contributed by atoms with Gasteiger partial charge in [-0.3, -0.25) is 14.2 Å². The summed E-state index contributed by atoms with van der Waals surface area (Å²) in [5, 5.41) is 14.1. The van der Waals surface area contributed by atoms with Crippen LogP contribution in [0.25, 0.3) is 11.1 Å². The first-order valence-corrected chi connectivity index (χ1v) is 9.76. The monoisotopic (exact) mass is 433 g/mol. The van der Waals surface area contributed by atoms with Crippen molar-refractivity contribution in [3.05, 3.63) is 65.6 Å². The van der Waals surface area contributed by atoms with Gasteiger partial charge in [-0.2, -0.15) is 4.98 Å². The summed E-state index contributed by atoms with van der Waals surface area (Å²) < 4.78 is 43.0. The maximum Gasteiger partial charge on any atom is 0.295 e. The van der Waals surface area contributed by atoms with Gasteiger partial charge in [-0.15, -0.1) is 0 Å². The fourth-order valence-corrected chi connectivity index (χ4v) is 3.17. The van der Waals surface area contributed by atoms with Gasteiger partial charge in [0.1, 0.15) is 0 Å². The number of nitrogens with zero attached hydrogens (tertiary/aromatic N) is 3. The number of halogens is 3. The standard InChI is InChI=1S/C22H22F3N3O3/c1-13-27-20(28-31-13)9-8-18-7-6-16(12-26-18)14-2-4-15(5-3-14)21(30)17(11-23)10-19(29)22(24)25/h2-7,12,17,21-22,30H,8-11H2,1H3/t17-,21-/m1/s1. The molecule has 164 valence electrons. The molecule has 0 unspecified atom stereocenters. The predicted molar refractivity (Wildman–Crippen MR) is 106 cm³/mol. The second-order valence-corrected chi connectivity index (χ2v) is 7.22. The van der Waals surface area contributed by atoms with Gasteiger partial charge in [0.15, 0.2) is 11.6 Å². The zero-order chi connectivity index (χ0) is 22.4. The fraction of sp³-hybridized carbons (Fsp3) is 0.364. The van der Waals surface area contributed by atoms with Crippen molar-refractivity contribution in [1.29, 1.82) is 0 Å². The number of carbonyl (C=O) groups is 1. The summed E-state index contributed by atoms with van der Waals surface area (Å²) in [6.45, 7) is 0.657. The van der Waals surface area contributed by atoms with Crippen molar-refractivity contribution in [3.8, 4) is 11.1 Å². The van der Waals surface area contributed by atoms with Crippen molar-refractivity contribution in [2.24, 2.45) is 5.92 Å². The first-order valence-electron chi connectivity index (χ1n) is 9.76. The van der Waals surface area contributed by atoms with Crippen molar-refractivity contribution < 1.29 is 27.6 Å². The molecule has 0 aliphatic heterocycles. The summed E-state index contributed by atoms with van der Waals surface area (Å²) in [4.78, 5) is 19.8. The number of hydrogen-bond acceptors (Lipinski definition) is 6. The van der Waals surface area contributed by atoms with E-state index < -0.39 is 37.3 Å². The minimum atomic E-state index is -3.17. The Balaban J connectivity index is 1.63. The van der Waals surface area contributed by atoms with Crippen molar-refractivity contribution in [2.45, 2.75) is 38.7 Å². The second-order valence-electron chi connectivity index (χ2n) is 7.22. The first-order chi connectivity index (χ1) is 14.9. The Hall–Kier alpha value is -3.07. The zero-order valence-corrected chi connectivity index (χ0v) is 16.8. The first kappa shape index (κ1) is 22.6. The third kappa shape index (κ3) is 5.97. The Morgan fingerprint density at radius 3 is 2.35 bits per heavy atom. The molecule has 2 aromatic heterocycles. The molecule has 9 heteroatoms. The lowest BCUT2D eigenvalue weighted by Gasteiger charge is -2.20. The van der Waals surface area contributed by atoms with Crippen LogP contribution in [0, 0.1) is 12.8 Å². The van der Waals surface area contributed by atoms with E-state index in [2.05, 4.69) is 15.1 Å². The number of aliphatic hydroxyl groups excluding tert-OH is 1. The number of aromatic nitrogens is 3. The highest BCUT2D eigenvalue weighted by atomic mass is 19.3. The molecule has 0 saturated carbocycles. The normalized spacial score (nSPS) is 13.4. The minimum absolute atomic E-state index is 0.355. The molecule has 6 nitrogen and oxygen atoms in total. The number of alkyl halides is 3. The summed E-state index contributed by atoms with van der Waals surface area (Å²) >= 11 is 0. The Morgan fingerprint density at radius 2 is 1.81 bits per heavy atom. The average Bonchev–Trinajstić information content (AvgIpc) is 3.21. The van der Waals surface area contributed by atoms with E-state index in [9.17, 15) is 23.1 Å². The molecule has 0 bridgehead atoms. The van der Waals surface area contributed by atoms with E-state index in [0.29, 0.717) is 30.1 Å². The number of carbonyl (C=O) groups excluding carboxylic acids is 1. The van der Waals surface area contributed by atoms with Crippen LogP contribution in [-0.4, -0.2) is 39.1 Å². The zero-order valence-electron chi connectivity index (χ0n) is 16.8. The van der Waals surface area contributed by atoms with E-state index in [-0.39, 0.29) is 0 Å². The fourth-order valence-electron chi connectivity index (χ4n) is 3.17. The molecule has 0 fully saturated rings. The highest BCUT2D eigenvalue weighted by Gasteiger charge is 2.27. The van der Waals surface area contributed by atoms with E-state index in [1.807, 2.05) is 12.1 Å². The number of rotatable bonds is 10. The third-order valence-corrected chi connectivity index (χ3v) is 4.94. The molecule has 0 aliphatic rings. The highest BCUT2D eigenvalue weighted by Crippen LogP contribution is 2.28. The van der Waals surface area contributed by atoms with Crippen molar-refractivity contribution in [3.63, 3.8) is 0 Å². The predicted octanol–water partition coefficient (Wildman–Crippen LogP) is 4.07. The minimum Gasteiger partial charge on any atom is -0.388 e. The summed E-state index contributed by atoms with van der Waals surface area (Å²) in [6.07, 6.45) is -2.25. The molecule has 0 radical (unpaired) electrons. The number of aryl methyl sites for hydroxylation is 3. The Kier molecular flexibility index (Phi) is 7.51. The molecule has 1 N–H and O–H groups in total. The molecule has 3 aromatic rings. The SMILES string of the molecule is Cc1nc(CCc2ccc(-c3ccc([C@@H](O)[C@@H](CF)CC(=O)C(F)F)cc3)cn2)no1. The molecular formula is C22H22F3N3O3. The maximum atomic E-state index is 13.2. The van der Waals surface area contributed by atoms with Gasteiger partial charge in [0.05, 0.1) is 12.8 Å². The lowest BCUT2D eigenvalue weighted by molar-refractivity contribution is -0.131. The lowest BCUT2D eigenvalue weighted by Crippen LogP contribution is -2.22. The highest BCUT2D eigenvalue weighted by molar-refractivity contribution is 5.81. The molecule has 31 heavy (non-hydrogen) atoms. The number of benzene rings is 1. The second kappa shape index (κ2) is 10.3. The van der Waals surface area contributed by atoms with Gasteiger partial charge in [0, 0.05) is 43.1 Å². The van der Waals surface area contributed by atoms with Crippen molar-refractivity contribution in [1.82, 2.24) is 15.1 Å². The molecule has 2 atom stereocenters. The molecule has 0 spiro atoms. The topological polar surface area (TPSA) is 89.1 Å². The van der Waals surface area contributed by atoms with Crippen LogP contribution in [0.5, 0.6) is 0 Å². The number of pyridine rings is 1. The molecule has 0 amide bonds. The smallest absolute Gasteiger partial charge is 0.295 e. The Morgan fingerprint density at radius 1 is 1.10 bits per heavy atom. The summed E-state index contributed by atoms with van der Waals surface area (Å²) in [7, 11) is 0. The molecule has 0 aliphatic carbocycles. The van der Waals surface area contributed by atoms with Gasteiger partial charge in [-0.05, 0) is 23.6 Å². The van der Waals surface area contributed by atoms with Crippen LogP contribution >= 0.6 is 0 Å². The average molecular weight is 433 g/mol. The number of aliphatic hydroxyl groups is 1. The molecule has 1 aromatic carbocycles. The number of ketones is 1. The van der Waals surface area contributed by atoms with E-state index in [1.165, 1.54) is 0 Å². The van der Waals surface area contributed by atoms with Gasteiger partial charge in [-0.1, -0.05) is 35.5 Å². The van der Waals surface area contributed by atoms with Crippen molar-refractivity contribution in [2.75, 3.05) is 6.67 Å². The molecule has 2 heterocycles. The molecule has 3 rings (SSSR count). The van der Waals surface area contributed by atoms with Crippen LogP contribution in [-0.2, 0) is 17.6 Å². The van der Waals surface area contributed by atoms with Crippen LogP contribution in [0.1, 0.15) is 35.5 Å². The summed E-state index contributed by atoms with van der Waals surface area (Å²) in [5.74, 6) is -1.44. The van der Waals surface area contributed by atoms with E-state index >= 15 is 0 Å². The van der Waals surface area contributed by atoms with Gasteiger partial charge in [0.2, 0.25) is 5.89 Å². The maximum absolute atomic E-state index is 13.2. The summed E-state index contributed by atoms with van der Waals surface area (Å²) in [6, 6.07) is 10.4. The molecule has 0 saturated heterocycles. The van der Waals surface area contributed by atoms with Crippen LogP contribution in [0.15, 0.2) is 47.1 Å². The quantitative estimate of drug-likeness (QED) is 0.519. The van der Waals surface area contributed by atoms with Crippen LogP contribution in [0.3, 0.4) is 0 Å². The number of hydrogen-bond donors (Lipinski definition) is 1. The lowest BCUT2D eigenvalue weighted by atomic mass is 9.91. The van der Waals surface area contributed by atoms with Gasteiger partial charge in [0.25, 0.3) is 6.43 Å². The van der Waals surface area contributed by atoms with Crippen LogP contribution in [0.2, 0.25) is 0 Å². The van der Waals surface area contributed by atoms with E-state index in [0.717, 1.165) is 16.8 Å². The number of Topliss-reactive ketones (excluding diaryl/α,β-unsaturated/α-hetero) is 1. The van der Waals surface area contributed by atoms with Crippen LogP contribution in [0.4, 0.5) is 13.2 Å².